The fraction of sp³-hybridized carbons (Fsp3) is 0.211. The number of rotatable bonds is 6. The van der Waals surface area contributed by atoms with Crippen molar-refractivity contribution < 1.29 is 18.7 Å². The number of fused-ring (bicyclic) bond motifs is 1. The monoisotopic (exact) mass is 344 g/mol. The molecule has 124 valence electrons. The molecule has 5 heteroatoms. The van der Waals surface area contributed by atoms with Gasteiger partial charge in [-0.05, 0) is 25.1 Å². The van der Waals surface area contributed by atoms with Crippen molar-refractivity contribution in [1.29, 1.82) is 0 Å². The van der Waals surface area contributed by atoms with Crippen LogP contribution >= 0.6 is 11.6 Å². The predicted octanol–water partition coefficient (Wildman–Crippen LogP) is 4.77. The van der Waals surface area contributed by atoms with Gasteiger partial charge in [-0.3, -0.25) is 4.79 Å². The lowest BCUT2D eigenvalue weighted by Gasteiger charge is -2.10. The van der Waals surface area contributed by atoms with Crippen LogP contribution in [0.5, 0.6) is 5.75 Å². The van der Waals surface area contributed by atoms with Crippen LogP contribution in [0.2, 0.25) is 5.02 Å². The molecule has 0 amide bonds. The molecule has 24 heavy (non-hydrogen) atoms. The highest BCUT2D eigenvalue weighted by Crippen LogP contribution is 2.30. The number of hydrogen-bond donors (Lipinski definition) is 0. The molecule has 0 bridgehead atoms. The van der Waals surface area contributed by atoms with Crippen molar-refractivity contribution in [3.05, 3.63) is 64.9 Å². The second-order valence-corrected chi connectivity index (χ2v) is 5.66. The van der Waals surface area contributed by atoms with E-state index in [2.05, 4.69) is 0 Å². The standard InChI is InChI=1S/C19H17ClO4/c1-2-22-18(21)10-13-6-3-4-8-16(13)23-11-14-12-24-17-9-5-7-15(20)19(14)17/h3-9,12H,2,10-11H2,1H3. The van der Waals surface area contributed by atoms with Crippen molar-refractivity contribution in [3.8, 4) is 5.75 Å². The van der Waals surface area contributed by atoms with E-state index in [1.54, 1.807) is 13.2 Å². The van der Waals surface area contributed by atoms with Gasteiger partial charge in [0.2, 0.25) is 0 Å². The van der Waals surface area contributed by atoms with E-state index in [0.717, 1.165) is 22.1 Å². The first kappa shape index (κ1) is 16.4. The summed E-state index contributed by atoms with van der Waals surface area (Å²) < 4.78 is 16.4. The summed E-state index contributed by atoms with van der Waals surface area (Å²) >= 11 is 6.24. The highest BCUT2D eigenvalue weighted by molar-refractivity contribution is 6.35. The van der Waals surface area contributed by atoms with Crippen molar-refractivity contribution >= 4 is 28.5 Å². The molecule has 3 rings (SSSR count). The quantitative estimate of drug-likeness (QED) is 0.604. The number of carbonyl (C=O) groups excluding carboxylic acids is 1. The number of carbonyl (C=O) groups is 1. The smallest absolute Gasteiger partial charge is 0.310 e. The molecule has 0 spiro atoms. The van der Waals surface area contributed by atoms with Gasteiger partial charge in [0.05, 0.1) is 24.3 Å². The second-order valence-electron chi connectivity index (χ2n) is 5.25. The molecule has 1 heterocycles. The molecule has 2 aromatic carbocycles. The number of para-hydroxylation sites is 1. The van der Waals surface area contributed by atoms with Gasteiger partial charge < -0.3 is 13.9 Å². The van der Waals surface area contributed by atoms with Gasteiger partial charge in [0.15, 0.2) is 0 Å². The SMILES string of the molecule is CCOC(=O)Cc1ccccc1OCc1coc2cccc(Cl)c12. The summed E-state index contributed by atoms with van der Waals surface area (Å²) in [5, 5.41) is 1.47. The Morgan fingerprint density at radius 3 is 2.79 bits per heavy atom. The fourth-order valence-corrected chi connectivity index (χ4v) is 2.81. The second kappa shape index (κ2) is 7.41. The fourth-order valence-electron chi connectivity index (χ4n) is 2.53. The van der Waals surface area contributed by atoms with Crippen molar-refractivity contribution in [2.45, 2.75) is 20.0 Å². The van der Waals surface area contributed by atoms with E-state index in [9.17, 15) is 4.79 Å². The van der Waals surface area contributed by atoms with Gasteiger partial charge >= 0.3 is 5.97 Å². The zero-order chi connectivity index (χ0) is 16.9. The lowest BCUT2D eigenvalue weighted by molar-refractivity contribution is -0.142. The van der Waals surface area contributed by atoms with Crippen LogP contribution in [0.15, 0.2) is 53.1 Å². The molecule has 0 unspecified atom stereocenters. The van der Waals surface area contributed by atoms with Gasteiger partial charge in [0, 0.05) is 16.5 Å². The number of furan rings is 1. The molecule has 3 aromatic rings. The molecule has 0 radical (unpaired) electrons. The number of ether oxygens (including phenoxy) is 2. The zero-order valence-corrected chi connectivity index (χ0v) is 14.0. The van der Waals surface area contributed by atoms with E-state index < -0.39 is 0 Å². The van der Waals surface area contributed by atoms with Crippen molar-refractivity contribution in [2.24, 2.45) is 0 Å². The van der Waals surface area contributed by atoms with E-state index in [1.807, 2.05) is 42.5 Å². The zero-order valence-electron chi connectivity index (χ0n) is 13.3. The maximum Gasteiger partial charge on any atom is 0.310 e. The molecule has 0 aliphatic heterocycles. The van der Waals surface area contributed by atoms with Crippen LogP contribution in [-0.4, -0.2) is 12.6 Å². The van der Waals surface area contributed by atoms with Gasteiger partial charge in [0.25, 0.3) is 0 Å². The predicted molar refractivity (Wildman–Crippen MR) is 92.3 cm³/mol. The van der Waals surface area contributed by atoms with Crippen LogP contribution in [0.1, 0.15) is 18.1 Å². The van der Waals surface area contributed by atoms with Crippen LogP contribution in [0.25, 0.3) is 11.0 Å². The Balaban J connectivity index is 1.78. The van der Waals surface area contributed by atoms with E-state index >= 15 is 0 Å². The van der Waals surface area contributed by atoms with Gasteiger partial charge in [-0.2, -0.15) is 0 Å². The van der Waals surface area contributed by atoms with E-state index in [0.29, 0.717) is 24.0 Å². The average Bonchev–Trinajstić information content (AvgIpc) is 2.99. The Bertz CT molecular complexity index is 853. The first-order valence-corrected chi connectivity index (χ1v) is 8.07. The molecule has 0 atom stereocenters. The molecule has 4 nitrogen and oxygen atoms in total. The summed E-state index contributed by atoms with van der Waals surface area (Å²) in [5.41, 5.74) is 2.37. The first-order chi connectivity index (χ1) is 11.7. The van der Waals surface area contributed by atoms with Crippen LogP contribution in [0.3, 0.4) is 0 Å². The van der Waals surface area contributed by atoms with E-state index in [-0.39, 0.29) is 12.4 Å². The number of halogens is 1. The summed E-state index contributed by atoms with van der Waals surface area (Å²) in [4.78, 5) is 11.7. The van der Waals surface area contributed by atoms with Crippen molar-refractivity contribution in [2.75, 3.05) is 6.61 Å². The molecular formula is C19H17ClO4. The number of esters is 1. The number of benzene rings is 2. The number of hydrogen-bond acceptors (Lipinski definition) is 4. The Morgan fingerprint density at radius 2 is 1.96 bits per heavy atom. The molecule has 0 saturated carbocycles. The average molecular weight is 345 g/mol. The lowest BCUT2D eigenvalue weighted by Crippen LogP contribution is -2.09. The summed E-state index contributed by atoms with van der Waals surface area (Å²) in [7, 11) is 0. The van der Waals surface area contributed by atoms with E-state index in [4.69, 9.17) is 25.5 Å². The third-order valence-corrected chi connectivity index (χ3v) is 3.94. The molecule has 0 aliphatic rings. The van der Waals surface area contributed by atoms with Crippen LogP contribution in [0, 0.1) is 0 Å². The molecular weight excluding hydrogens is 328 g/mol. The van der Waals surface area contributed by atoms with Crippen LogP contribution in [-0.2, 0) is 22.6 Å². The Hall–Kier alpha value is -2.46. The van der Waals surface area contributed by atoms with Gasteiger partial charge in [0.1, 0.15) is 17.9 Å². The Labute approximate surface area is 144 Å². The Kier molecular flexibility index (Phi) is 5.06. The Morgan fingerprint density at radius 1 is 1.12 bits per heavy atom. The van der Waals surface area contributed by atoms with Gasteiger partial charge in [-0.1, -0.05) is 35.9 Å². The van der Waals surface area contributed by atoms with Crippen molar-refractivity contribution in [1.82, 2.24) is 0 Å². The summed E-state index contributed by atoms with van der Waals surface area (Å²) in [5.74, 6) is 0.373. The van der Waals surface area contributed by atoms with Gasteiger partial charge in [-0.25, -0.2) is 0 Å². The molecule has 1 aromatic heterocycles. The maximum absolute atomic E-state index is 11.7. The maximum atomic E-state index is 11.7. The highest BCUT2D eigenvalue weighted by Gasteiger charge is 2.13. The minimum Gasteiger partial charge on any atom is -0.488 e. The molecule has 0 aliphatic carbocycles. The lowest BCUT2D eigenvalue weighted by atomic mass is 10.1. The topological polar surface area (TPSA) is 48.7 Å². The van der Waals surface area contributed by atoms with Gasteiger partial charge in [-0.15, -0.1) is 0 Å². The third kappa shape index (κ3) is 3.54. The van der Waals surface area contributed by atoms with Crippen LogP contribution in [0.4, 0.5) is 0 Å². The normalized spacial score (nSPS) is 10.8. The minimum absolute atomic E-state index is 0.177. The summed E-state index contributed by atoms with van der Waals surface area (Å²) in [6.45, 7) is 2.45. The van der Waals surface area contributed by atoms with E-state index in [1.165, 1.54) is 0 Å². The largest absolute Gasteiger partial charge is 0.488 e. The first-order valence-electron chi connectivity index (χ1n) is 7.70. The van der Waals surface area contributed by atoms with Crippen LogP contribution < -0.4 is 4.74 Å². The summed E-state index contributed by atoms with van der Waals surface area (Å²) in [6.07, 6.45) is 1.82. The minimum atomic E-state index is -0.273. The highest BCUT2D eigenvalue weighted by atomic mass is 35.5. The molecule has 0 saturated heterocycles. The molecule has 0 fully saturated rings. The third-order valence-electron chi connectivity index (χ3n) is 3.62. The van der Waals surface area contributed by atoms with Crippen molar-refractivity contribution in [3.63, 3.8) is 0 Å². The molecule has 0 N–H and O–H groups in total. The summed E-state index contributed by atoms with van der Waals surface area (Å²) in [6, 6.07) is 12.9.